The van der Waals surface area contributed by atoms with E-state index in [0.717, 1.165) is 27.4 Å². The van der Waals surface area contributed by atoms with Crippen molar-refractivity contribution in [1.29, 1.82) is 0 Å². The summed E-state index contributed by atoms with van der Waals surface area (Å²) < 4.78 is 38.2. The van der Waals surface area contributed by atoms with Crippen LogP contribution in [0, 0.1) is 0 Å². The molecule has 1 heterocycles. The molecular formula is C19H23ClN2O6S3. The average molecular weight is 507 g/mol. The first-order valence-corrected chi connectivity index (χ1v) is 12.9. The van der Waals surface area contributed by atoms with Gasteiger partial charge >= 0.3 is 11.9 Å². The Kier molecular flexibility index (Phi) is 9.04. The number of halogens is 1. The van der Waals surface area contributed by atoms with E-state index in [0.29, 0.717) is 9.23 Å². The molecule has 0 saturated carbocycles. The first kappa shape index (κ1) is 25.3. The number of thiophene rings is 1. The molecule has 2 N–H and O–H groups in total. The Labute approximate surface area is 194 Å². The highest BCUT2D eigenvalue weighted by Gasteiger charge is 2.32. The molecule has 0 aliphatic carbocycles. The summed E-state index contributed by atoms with van der Waals surface area (Å²) in [7, 11) is -4.02. The number of esters is 2. The van der Waals surface area contributed by atoms with Gasteiger partial charge in [0.1, 0.15) is 10.6 Å². The van der Waals surface area contributed by atoms with Crippen LogP contribution in [0.25, 0.3) is 0 Å². The van der Waals surface area contributed by atoms with Crippen LogP contribution in [-0.2, 0) is 24.3 Å². The summed E-state index contributed by atoms with van der Waals surface area (Å²) in [5.41, 5.74) is 6.35. The van der Waals surface area contributed by atoms with Gasteiger partial charge in [-0.2, -0.15) is 0 Å². The molecule has 0 fully saturated rings. The summed E-state index contributed by atoms with van der Waals surface area (Å²) in [6, 6.07) is 5.72. The number of rotatable bonds is 10. The van der Waals surface area contributed by atoms with E-state index < -0.39 is 22.0 Å². The van der Waals surface area contributed by atoms with E-state index in [-0.39, 0.29) is 46.7 Å². The third kappa shape index (κ3) is 5.85. The number of carbonyl (C=O) groups excluding carboxylic acids is 2. The lowest BCUT2D eigenvalue weighted by molar-refractivity contribution is -0.139. The number of benzene rings is 1. The third-order valence-electron chi connectivity index (χ3n) is 3.91. The molecule has 0 bridgehead atoms. The number of ether oxygens (including phenoxy) is 2. The van der Waals surface area contributed by atoms with Crippen LogP contribution >= 0.6 is 34.7 Å². The van der Waals surface area contributed by atoms with Crippen molar-refractivity contribution in [3.05, 3.63) is 34.2 Å². The molecule has 1 aromatic heterocycles. The number of nitrogen functional groups attached to an aromatic ring is 1. The van der Waals surface area contributed by atoms with Crippen LogP contribution < -0.4 is 10.0 Å². The topological polar surface area (TPSA) is 116 Å². The maximum absolute atomic E-state index is 13.3. The van der Waals surface area contributed by atoms with Gasteiger partial charge in [-0.3, -0.25) is 9.10 Å². The Morgan fingerprint density at radius 1 is 1.13 bits per heavy atom. The molecule has 0 unspecified atom stereocenters. The lowest BCUT2D eigenvalue weighted by Crippen LogP contribution is -2.31. The third-order valence-corrected chi connectivity index (χ3v) is 8.46. The van der Waals surface area contributed by atoms with Gasteiger partial charge in [-0.25, -0.2) is 13.2 Å². The second-order valence-electron chi connectivity index (χ2n) is 5.92. The van der Waals surface area contributed by atoms with Crippen LogP contribution in [-0.4, -0.2) is 45.9 Å². The Morgan fingerprint density at radius 2 is 1.74 bits per heavy atom. The molecule has 0 aliphatic rings. The summed E-state index contributed by atoms with van der Waals surface area (Å²) in [4.78, 5) is 24.3. The lowest BCUT2D eigenvalue weighted by atomic mass is 10.3. The largest absolute Gasteiger partial charge is 0.465 e. The van der Waals surface area contributed by atoms with Gasteiger partial charge < -0.3 is 15.2 Å². The minimum absolute atomic E-state index is 0.0170. The molecular weight excluding hydrogens is 484 g/mol. The number of hydrogen-bond acceptors (Lipinski definition) is 9. The van der Waals surface area contributed by atoms with Crippen molar-refractivity contribution in [2.45, 2.75) is 29.9 Å². The summed E-state index contributed by atoms with van der Waals surface area (Å²) >= 11 is 7.91. The fourth-order valence-corrected chi connectivity index (χ4v) is 6.55. The van der Waals surface area contributed by atoms with Gasteiger partial charge in [0, 0.05) is 11.6 Å². The minimum atomic E-state index is -4.02. The average Bonchev–Trinajstić information content (AvgIpc) is 3.04. The predicted octanol–water partition coefficient (Wildman–Crippen LogP) is 4.03. The monoisotopic (exact) mass is 506 g/mol. The first-order valence-electron chi connectivity index (χ1n) is 9.33. The fourth-order valence-electron chi connectivity index (χ4n) is 2.60. The van der Waals surface area contributed by atoms with E-state index in [9.17, 15) is 18.0 Å². The van der Waals surface area contributed by atoms with E-state index in [1.165, 1.54) is 24.3 Å². The molecule has 0 radical (unpaired) electrons. The van der Waals surface area contributed by atoms with Gasteiger partial charge in [-0.05, 0) is 45.0 Å². The molecule has 2 aromatic rings. The second-order valence-corrected chi connectivity index (χ2v) is 10.5. The van der Waals surface area contributed by atoms with E-state index >= 15 is 0 Å². The smallest absolute Gasteiger partial charge is 0.350 e. The zero-order valence-electron chi connectivity index (χ0n) is 17.2. The van der Waals surface area contributed by atoms with Gasteiger partial charge in [0.2, 0.25) is 0 Å². The number of carbonyl (C=O) groups is 2. The van der Waals surface area contributed by atoms with Crippen LogP contribution in [0.1, 0.15) is 30.4 Å². The Morgan fingerprint density at radius 3 is 2.29 bits per heavy atom. The van der Waals surface area contributed by atoms with Crippen molar-refractivity contribution in [1.82, 2.24) is 0 Å². The van der Waals surface area contributed by atoms with E-state index in [4.69, 9.17) is 26.8 Å². The molecule has 0 atom stereocenters. The number of nitrogens with zero attached hydrogens (tertiary/aromatic N) is 1. The molecule has 8 nitrogen and oxygen atoms in total. The Bertz CT molecular complexity index is 1040. The molecule has 12 heteroatoms. The maximum Gasteiger partial charge on any atom is 0.350 e. The summed E-state index contributed by atoms with van der Waals surface area (Å²) in [5.74, 6) is -1.19. The number of sulfonamides is 1. The zero-order chi connectivity index (χ0) is 23.2. The molecule has 2 rings (SSSR count). The summed E-state index contributed by atoms with van der Waals surface area (Å²) in [5, 5.41) is 0.396. The van der Waals surface area contributed by atoms with Gasteiger partial charge in [0.05, 0.1) is 33.8 Å². The van der Waals surface area contributed by atoms with E-state index in [1.54, 1.807) is 20.8 Å². The van der Waals surface area contributed by atoms with Crippen molar-refractivity contribution in [2.75, 3.05) is 35.6 Å². The van der Waals surface area contributed by atoms with Crippen LogP contribution in [0.3, 0.4) is 0 Å². The second kappa shape index (κ2) is 11.1. The van der Waals surface area contributed by atoms with Crippen LogP contribution in [0.5, 0.6) is 0 Å². The van der Waals surface area contributed by atoms with Crippen LogP contribution in [0.4, 0.5) is 11.4 Å². The molecule has 0 amide bonds. The quantitative estimate of drug-likeness (QED) is 0.379. The van der Waals surface area contributed by atoms with E-state index in [2.05, 4.69) is 0 Å². The van der Waals surface area contributed by atoms with Crippen molar-refractivity contribution >= 4 is 68.0 Å². The number of nitrogens with two attached hydrogens (primary N) is 1. The van der Waals surface area contributed by atoms with Gasteiger partial charge in [-0.1, -0.05) is 11.6 Å². The fraction of sp³-hybridized carbons (Fsp3) is 0.368. The maximum atomic E-state index is 13.3. The molecule has 0 aliphatic heterocycles. The molecule has 0 spiro atoms. The Hall–Kier alpha value is -1.95. The molecule has 170 valence electrons. The van der Waals surface area contributed by atoms with Crippen LogP contribution in [0.15, 0.2) is 33.4 Å². The SMILES string of the molecule is CCOC(=O)CSc1sc(C(=O)OCC)c(N)c1N(CC)S(=O)(=O)c1ccc(Cl)cc1. The van der Waals surface area contributed by atoms with Crippen molar-refractivity contribution in [3.8, 4) is 0 Å². The highest BCUT2D eigenvalue weighted by atomic mass is 35.5. The van der Waals surface area contributed by atoms with Gasteiger partial charge in [0.25, 0.3) is 10.0 Å². The van der Waals surface area contributed by atoms with E-state index in [1.807, 2.05) is 0 Å². The highest BCUT2D eigenvalue weighted by Crippen LogP contribution is 2.46. The molecule has 0 saturated heterocycles. The number of thioether (sulfide) groups is 1. The highest BCUT2D eigenvalue weighted by molar-refractivity contribution is 8.02. The molecule has 1 aromatic carbocycles. The summed E-state index contributed by atoms with van der Waals surface area (Å²) in [6.07, 6.45) is 0. The summed E-state index contributed by atoms with van der Waals surface area (Å²) in [6.45, 7) is 5.39. The van der Waals surface area contributed by atoms with Gasteiger partial charge in [-0.15, -0.1) is 23.1 Å². The normalized spacial score (nSPS) is 11.2. The minimum Gasteiger partial charge on any atom is -0.465 e. The van der Waals surface area contributed by atoms with Crippen molar-refractivity contribution in [2.24, 2.45) is 0 Å². The van der Waals surface area contributed by atoms with Gasteiger partial charge in [0.15, 0.2) is 0 Å². The number of anilines is 2. The Balaban J connectivity index is 2.57. The number of hydrogen-bond donors (Lipinski definition) is 1. The van der Waals surface area contributed by atoms with Crippen molar-refractivity contribution < 1.29 is 27.5 Å². The standard InChI is InChI=1S/C19H23ClN2O6S3/c1-4-22(31(25,26)13-9-7-12(20)8-10-13)16-15(21)17(18(24)28-6-3)30-19(16)29-11-14(23)27-5-2/h7-10H,4-6,11,21H2,1-3H3. The lowest BCUT2D eigenvalue weighted by Gasteiger charge is -2.24. The van der Waals surface area contributed by atoms with Crippen LogP contribution in [0.2, 0.25) is 5.02 Å². The zero-order valence-corrected chi connectivity index (χ0v) is 20.4. The van der Waals surface area contributed by atoms with Crippen molar-refractivity contribution in [3.63, 3.8) is 0 Å². The predicted molar refractivity (Wildman–Crippen MR) is 124 cm³/mol. The molecule has 31 heavy (non-hydrogen) atoms. The first-order chi connectivity index (χ1) is 14.7.